The van der Waals surface area contributed by atoms with E-state index >= 15 is 0 Å². The molecular formula is C23H20N2O4S. The average Bonchev–Trinajstić information content (AvgIpc) is 3.11. The maximum atomic E-state index is 11.8. The van der Waals surface area contributed by atoms with E-state index in [2.05, 4.69) is 10.6 Å². The fourth-order valence-corrected chi connectivity index (χ4v) is 3.43. The summed E-state index contributed by atoms with van der Waals surface area (Å²) >= 11 is 5.44. The van der Waals surface area contributed by atoms with Gasteiger partial charge in [-0.05, 0) is 55.5 Å². The van der Waals surface area contributed by atoms with Crippen LogP contribution in [-0.2, 0) is 4.74 Å². The molecule has 30 heavy (non-hydrogen) atoms. The SMILES string of the molecule is CCOC(=O)c1ccc(NC(=S)Nc2cc3oc4ccccc4c3cc2OC)cc1. The largest absolute Gasteiger partial charge is 0.495 e. The average molecular weight is 420 g/mol. The van der Waals surface area contributed by atoms with Crippen LogP contribution in [0.5, 0.6) is 5.75 Å². The minimum Gasteiger partial charge on any atom is -0.495 e. The van der Waals surface area contributed by atoms with E-state index in [0.29, 0.717) is 28.7 Å². The molecule has 0 aliphatic carbocycles. The minimum absolute atomic E-state index is 0.338. The number of nitrogens with one attached hydrogen (secondary N) is 2. The molecule has 0 radical (unpaired) electrons. The van der Waals surface area contributed by atoms with Crippen molar-refractivity contribution in [3.8, 4) is 5.75 Å². The molecule has 0 amide bonds. The highest BCUT2D eigenvalue weighted by atomic mass is 32.1. The molecular weight excluding hydrogens is 400 g/mol. The molecule has 0 saturated heterocycles. The second-order valence-corrected chi connectivity index (χ2v) is 6.93. The Kier molecular flexibility index (Phi) is 5.54. The number of esters is 1. The lowest BCUT2D eigenvalue weighted by Crippen LogP contribution is -2.19. The predicted molar refractivity (Wildman–Crippen MR) is 123 cm³/mol. The van der Waals surface area contributed by atoms with Gasteiger partial charge in [0.05, 0.1) is 25.0 Å². The lowest BCUT2D eigenvalue weighted by atomic mass is 10.1. The Morgan fingerprint density at radius 1 is 1.00 bits per heavy atom. The lowest BCUT2D eigenvalue weighted by molar-refractivity contribution is 0.0526. The second-order valence-electron chi connectivity index (χ2n) is 6.52. The number of fused-ring (bicyclic) bond motifs is 3. The van der Waals surface area contributed by atoms with Crippen LogP contribution in [0.15, 0.2) is 65.1 Å². The molecule has 1 heterocycles. The third kappa shape index (κ3) is 3.92. The number of carbonyl (C=O) groups is 1. The van der Waals surface area contributed by atoms with Gasteiger partial charge >= 0.3 is 5.97 Å². The van der Waals surface area contributed by atoms with Crippen molar-refractivity contribution >= 4 is 56.6 Å². The van der Waals surface area contributed by atoms with Crippen LogP contribution in [0.4, 0.5) is 11.4 Å². The van der Waals surface area contributed by atoms with E-state index in [-0.39, 0.29) is 5.97 Å². The van der Waals surface area contributed by atoms with E-state index in [1.165, 1.54) is 0 Å². The molecule has 0 bridgehead atoms. The molecule has 1 aromatic heterocycles. The number of rotatable bonds is 5. The fraction of sp³-hybridized carbons (Fsp3) is 0.130. The van der Waals surface area contributed by atoms with Crippen molar-refractivity contribution < 1.29 is 18.7 Å². The Balaban J connectivity index is 1.53. The van der Waals surface area contributed by atoms with E-state index in [4.69, 9.17) is 26.1 Å². The van der Waals surface area contributed by atoms with Crippen molar-refractivity contribution in [1.29, 1.82) is 0 Å². The predicted octanol–water partition coefficient (Wildman–Crippen LogP) is 5.58. The van der Waals surface area contributed by atoms with Crippen molar-refractivity contribution in [1.82, 2.24) is 0 Å². The number of ether oxygens (including phenoxy) is 2. The van der Waals surface area contributed by atoms with Crippen LogP contribution >= 0.6 is 12.2 Å². The molecule has 6 nitrogen and oxygen atoms in total. The topological polar surface area (TPSA) is 72.7 Å². The summed E-state index contributed by atoms with van der Waals surface area (Å²) in [4.78, 5) is 11.8. The number of hydrogen-bond acceptors (Lipinski definition) is 5. The van der Waals surface area contributed by atoms with Gasteiger partial charge in [0, 0.05) is 22.5 Å². The van der Waals surface area contributed by atoms with Crippen molar-refractivity contribution in [2.75, 3.05) is 24.4 Å². The molecule has 4 rings (SSSR count). The van der Waals surface area contributed by atoms with Gasteiger partial charge in [-0.25, -0.2) is 4.79 Å². The van der Waals surface area contributed by atoms with E-state index in [1.807, 2.05) is 36.4 Å². The summed E-state index contributed by atoms with van der Waals surface area (Å²) in [6.45, 7) is 2.11. The first kappa shape index (κ1) is 19.7. The van der Waals surface area contributed by atoms with Gasteiger partial charge in [0.2, 0.25) is 0 Å². The number of hydrogen-bond donors (Lipinski definition) is 2. The van der Waals surface area contributed by atoms with Crippen molar-refractivity contribution in [3.63, 3.8) is 0 Å². The molecule has 0 spiro atoms. The third-order valence-corrected chi connectivity index (χ3v) is 4.81. The maximum absolute atomic E-state index is 11.8. The quantitative estimate of drug-likeness (QED) is 0.322. The normalized spacial score (nSPS) is 10.7. The number of anilines is 2. The highest BCUT2D eigenvalue weighted by Crippen LogP contribution is 2.36. The summed E-state index contributed by atoms with van der Waals surface area (Å²) in [5, 5.41) is 8.63. The Labute approximate surface area is 178 Å². The Hall–Kier alpha value is -3.58. The van der Waals surface area contributed by atoms with E-state index in [9.17, 15) is 4.79 Å². The van der Waals surface area contributed by atoms with Crippen molar-refractivity contribution in [3.05, 3.63) is 66.2 Å². The molecule has 0 saturated carbocycles. The number of benzene rings is 3. The molecule has 3 aromatic carbocycles. The Bertz CT molecular complexity index is 1230. The number of thiocarbonyl (C=S) groups is 1. The van der Waals surface area contributed by atoms with Gasteiger partial charge < -0.3 is 24.5 Å². The van der Waals surface area contributed by atoms with Crippen LogP contribution < -0.4 is 15.4 Å². The number of para-hydroxylation sites is 1. The van der Waals surface area contributed by atoms with Gasteiger partial charge in [-0.2, -0.15) is 0 Å². The van der Waals surface area contributed by atoms with Crippen molar-refractivity contribution in [2.45, 2.75) is 6.92 Å². The third-order valence-electron chi connectivity index (χ3n) is 4.60. The van der Waals surface area contributed by atoms with Gasteiger partial charge in [0.1, 0.15) is 16.9 Å². The second kappa shape index (κ2) is 8.42. The van der Waals surface area contributed by atoms with Gasteiger partial charge in [0.15, 0.2) is 5.11 Å². The van der Waals surface area contributed by atoms with Crippen LogP contribution in [0.3, 0.4) is 0 Å². The summed E-state index contributed by atoms with van der Waals surface area (Å²) in [5.74, 6) is 0.296. The summed E-state index contributed by atoms with van der Waals surface area (Å²) in [6, 6.07) is 18.6. The summed E-state index contributed by atoms with van der Waals surface area (Å²) in [7, 11) is 1.61. The first-order valence-corrected chi connectivity index (χ1v) is 9.84. The van der Waals surface area contributed by atoms with E-state index in [1.54, 1.807) is 38.3 Å². The number of furan rings is 1. The molecule has 0 unspecified atom stereocenters. The molecule has 2 N–H and O–H groups in total. The molecule has 4 aromatic rings. The van der Waals surface area contributed by atoms with Crippen molar-refractivity contribution in [2.24, 2.45) is 0 Å². The van der Waals surface area contributed by atoms with E-state index < -0.39 is 0 Å². The van der Waals surface area contributed by atoms with Gasteiger partial charge in [-0.15, -0.1) is 0 Å². The monoisotopic (exact) mass is 420 g/mol. The van der Waals surface area contributed by atoms with Crippen LogP contribution in [0.1, 0.15) is 17.3 Å². The molecule has 7 heteroatoms. The van der Waals surface area contributed by atoms with Gasteiger partial charge in [-0.1, -0.05) is 18.2 Å². The van der Waals surface area contributed by atoms with E-state index in [0.717, 1.165) is 27.6 Å². The highest BCUT2D eigenvalue weighted by molar-refractivity contribution is 7.80. The summed E-state index contributed by atoms with van der Waals surface area (Å²) in [6.07, 6.45) is 0. The Morgan fingerprint density at radius 2 is 1.77 bits per heavy atom. The van der Waals surface area contributed by atoms with Crippen LogP contribution in [0.2, 0.25) is 0 Å². The first-order chi connectivity index (χ1) is 14.6. The molecule has 0 aliphatic heterocycles. The zero-order valence-corrected chi connectivity index (χ0v) is 17.3. The Morgan fingerprint density at radius 3 is 2.50 bits per heavy atom. The summed E-state index contributed by atoms with van der Waals surface area (Å²) in [5.41, 5.74) is 3.46. The zero-order chi connectivity index (χ0) is 21.1. The maximum Gasteiger partial charge on any atom is 0.338 e. The highest BCUT2D eigenvalue weighted by Gasteiger charge is 2.13. The summed E-state index contributed by atoms with van der Waals surface area (Å²) < 4.78 is 16.5. The minimum atomic E-state index is -0.353. The fourth-order valence-electron chi connectivity index (χ4n) is 3.21. The molecule has 0 fully saturated rings. The molecule has 0 atom stereocenters. The standard InChI is InChI=1S/C23H20N2O4S/c1-3-28-22(26)14-8-10-15(11-9-14)24-23(30)25-18-13-20-17(12-21(18)27-2)16-6-4-5-7-19(16)29-20/h4-13H,3H2,1-2H3,(H2,24,25,30). The molecule has 152 valence electrons. The number of carbonyl (C=O) groups excluding carboxylic acids is 1. The number of methoxy groups -OCH3 is 1. The van der Waals surface area contributed by atoms with Crippen LogP contribution in [0, 0.1) is 0 Å². The first-order valence-electron chi connectivity index (χ1n) is 9.43. The van der Waals surface area contributed by atoms with Crippen LogP contribution in [0.25, 0.3) is 21.9 Å². The van der Waals surface area contributed by atoms with Gasteiger partial charge in [0.25, 0.3) is 0 Å². The molecule has 0 aliphatic rings. The smallest absolute Gasteiger partial charge is 0.338 e. The zero-order valence-electron chi connectivity index (χ0n) is 16.5. The lowest BCUT2D eigenvalue weighted by Gasteiger charge is -2.14. The van der Waals surface area contributed by atoms with Crippen LogP contribution in [-0.4, -0.2) is 24.8 Å². The van der Waals surface area contributed by atoms with Gasteiger partial charge in [-0.3, -0.25) is 0 Å².